The summed E-state index contributed by atoms with van der Waals surface area (Å²) < 4.78 is 0. The van der Waals surface area contributed by atoms with Crippen LogP contribution in [0.25, 0.3) is 0 Å². The minimum Gasteiger partial charge on any atom is -0.507 e. The van der Waals surface area contributed by atoms with Crippen LogP contribution >= 0.6 is 11.6 Å². The summed E-state index contributed by atoms with van der Waals surface area (Å²) in [6.07, 6.45) is 3.41. The van der Waals surface area contributed by atoms with E-state index in [9.17, 15) is 14.7 Å². The topological polar surface area (TPSA) is 74.6 Å². The molecule has 0 radical (unpaired) electrons. The number of phenolic OH excluding ortho intramolecular Hbond substituents is 1. The van der Waals surface area contributed by atoms with Crippen LogP contribution in [0.3, 0.4) is 0 Å². The van der Waals surface area contributed by atoms with E-state index in [4.69, 9.17) is 16.7 Å². The molecule has 0 aromatic heterocycles. The number of carbonyl (C=O) groups excluding carboxylic acids is 1. The van der Waals surface area contributed by atoms with Crippen molar-refractivity contribution in [3.05, 3.63) is 28.3 Å². The highest BCUT2D eigenvalue weighted by Crippen LogP contribution is 2.27. The molecule has 0 saturated heterocycles. The molecule has 0 bridgehead atoms. The quantitative estimate of drug-likeness (QED) is 0.562. The molecule has 110 valence electrons. The van der Waals surface area contributed by atoms with Gasteiger partial charge in [0, 0.05) is 17.9 Å². The molecule has 0 aliphatic rings. The second-order valence-electron chi connectivity index (χ2n) is 4.85. The number of carbonyl (C=O) groups is 2. The van der Waals surface area contributed by atoms with Crippen LogP contribution < -0.4 is 0 Å². The first-order valence-corrected chi connectivity index (χ1v) is 7.03. The standard InChI is InChI=1S/C15H19ClO4/c1-10-8-14(18)11(9-12(10)16)13(17)6-4-2-3-5-7-15(19)20/h8-9,18H,2-7H2,1H3,(H,19,20). The van der Waals surface area contributed by atoms with Crippen molar-refractivity contribution in [1.29, 1.82) is 0 Å². The van der Waals surface area contributed by atoms with E-state index >= 15 is 0 Å². The molecule has 1 aromatic carbocycles. The maximum atomic E-state index is 12.0. The average molecular weight is 299 g/mol. The van der Waals surface area contributed by atoms with Crippen LogP contribution in [0.2, 0.25) is 5.02 Å². The van der Waals surface area contributed by atoms with Gasteiger partial charge in [-0.05, 0) is 37.5 Å². The van der Waals surface area contributed by atoms with Crippen LogP contribution in [0.1, 0.15) is 54.4 Å². The number of carboxylic acid groups (broad SMARTS) is 1. The second kappa shape index (κ2) is 7.90. The Morgan fingerprint density at radius 1 is 1.10 bits per heavy atom. The number of aromatic hydroxyl groups is 1. The number of hydrogen-bond donors (Lipinski definition) is 2. The lowest BCUT2D eigenvalue weighted by atomic mass is 10.0. The van der Waals surface area contributed by atoms with Gasteiger partial charge in [0.15, 0.2) is 5.78 Å². The van der Waals surface area contributed by atoms with Crippen molar-refractivity contribution in [1.82, 2.24) is 0 Å². The summed E-state index contributed by atoms with van der Waals surface area (Å²) >= 11 is 5.94. The molecule has 4 nitrogen and oxygen atoms in total. The number of hydrogen-bond acceptors (Lipinski definition) is 3. The molecule has 1 rings (SSSR count). The number of halogens is 1. The normalized spacial score (nSPS) is 10.5. The summed E-state index contributed by atoms with van der Waals surface area (Å²) in [5.41, 5.74) is 0.987. The van der Waals surface area contributed by atoms with Crippen LogP contribution in [0.5, 0.6) is 5.75 Å². The van der Waals surface area contributed by atoms with Gasteiger partial charge in [-0.15, -0.1) is 0 Å². The van der Waals surface area contributed by atoms with Crippen molar-refractivity contribution in [2.45, 2.75) is 45.4 Å². The number of ketones is 1. The van der Waals surface area contributed by atoms with Crippen molar-refractivity contribution in [2.24, 2.45) is 0 Å². The Bertz CT molecular complexity index is 497. The minimum absolute atomic E-state index is 0.0391. The van der Waals surface area contributed by atoms with E-state index in [-0.39, 0.29) is 23.5 Å². The Morgan fingerprint density at radius 2 is 1.70 bits per heavy atom. The van der Waals surface area contributed by atoms with Crippen molar-refractivity contribution in [2.75, 3.05) is 0 Å². The smallest absolute Gasteiger partial charge is 0.303 e. The zero-order chi connectivity index (χ0) is 15.1. The number of unbranched alkanes of at least 4 members (excludes halogenated alkanes) is 3. The van der Waals surface area contributed by atoms with Gasteiger partial charge in [-0.3, -0.25) is 9.59 Å². The van der Waals surface area contributed by atoms with Crippen LogP contribution in [0.4, 0.5) is 0 Å². The maximum Gasteiger partial charge on any atom is 0.303 e. The number of carboxylic acids is 1. The molecule has 0 fully saturated rings. The molecule has 0 aliphatic carbocycles. The van der Waals surface area contributed by atoms with Gasteiger partial charge in [0.1, 0.15) is 5.75 Å². The molecule has 0 spiro atoms. The lowest BCUT2D eigenvalue weighted by Crippen LogP contribution is -2.00. The predicted molar refractivity (Wildman–Crippen MR) is 77.5 cm³/mol. The highest BCUT2D eigenvalue weighted by molar-refractivity contribution is 6.31. The first-order chi connectivity index (χ1) is 9.41. The van der Waals surface area contributed by atoms with Crippen LogP contribution in [-0.4, -0.2) is 22.0 Å². The van der Waals surface area contributed by atoms with Gasteiger partial charge < -0.3 is 10.2 Å². The van der Waals surface area contributed by atoms with Crippen LogP contribution in [0, 0.1) is 6.92 Å². The SMILES string of the molecule is Cc1cc(O)c(C(=O)CCCCCCC(=O)O)cc1Cl. The summed E-state index contributed by atoms with van der Waals surface area (Å²) in [6.45, 7) is 1.76. The first kappa shape index (κ1) is 16.5. The number of benzene rings is 1. The van der Waals surface area contributed by atoms with Gasteiger partial charge in [0.25, 0.3) is 0 Å². The predicted octanol–water partition coefficient (Wildman–Crippen LogP) is 3.96. The van der Waals surface area contributed by atoms with Gasteiger partial charge in [-0.25, -0.2) is 0 Å². The Labute approximate surface area is 123 Å². The van der Waals surface area contributed by atoms with E-state index < -0.39 is 5.97 Å². The second-order valence-corrected chi connectivity index (χ2v) is 5.26. The lowest BCUT2D eigenvalue weighted by Gasteiger charge is -2.06. The fourth-order valence-electron chi connectivity index (χ4n) is 1.94. The minimum atomic E-state index is -0.791. The summed E-state index contributed by atoms with van der Waals surface area (Å²) in [5, 5.41) is 18.7. The van der Waals surface area contributed by atoms with Crippen LogP contribution in [-0.2, 0) is 4.79 Å². The van der Waals surface area contributed by atoms with E-state index in [2.05, 4.69) is 0 Å². The highest BCUT2D eigenvalue weighted by atomic mass is 35.5. The number of phenols is 1. The molecule has 0 amide bonds. The van der Waals surface area contributed by atoms with E-state index in [0.717, 1.165) is 18.4 Å². The Kier molecular flexibility index (Phi) is 6.52. The third-order valence-corrected chi connectivity index (χ3v) is 3.53. The Hall–Kier alpha value is -1.55. The maximum absolute atomic E-state index is 12.0. The highest BCUT2D eigenvalue weighted by Gasteiger charge is 2.13. The molecular weight excluding hydrogens is 280 g/mol. The summed E-state index contributed by atoms with van der Waals surface area (Å²) in [7, 11) is 0. The molecular formula is C15H19ClO4. The van der Waals surface area contributed by atoms with Crippen molar-refractivity contribution in [3.8, 4) is 5.75 Å². The van der Waals surface area contributed by atoms with Gasteiger partial charge in [0.2, 0.25) is 0 Å². The third kappa shape index (κ3) is 5.21. The number of aryl methyl sites for hydroxylation is 1. The van der Waals surface area contributed by atoms with Gasteiger partial charge in [0.05, 0.1) is 5.56 Å². The van der Waals surface area contributed by atoms with Gasteiger partial charge in [-0.2, -0.15) is 0 Å². The zero-order valence-electron chi connectivity index (χ0n) is 11.5. The summed E-state index contributed by atoms with van der Waals surface area (Å²) in [6, 6.07) is 2.99. The summed E-state index contributed by atoms with van der Waals surface area (Å²) in [4.78, 5) is 22.3. The fourth-order valence-corrected chi connectivity index (χ4v) is 2.10. The number of aliphatic carboxylic acids is 1. The monoisotopic (exact) mass is 298 g/mol. The Morgan fingerprint density at radius 3 is 2.30 bits per heavy atom. The summed E-state index contributed by atoms with van der Waals surface area (Å²) in [5.74, 6) is -0.967. The zero-order valence-corrected chi connectivity index (χ0v) is 12.2. The average Bonchev–Trinajstić information content (AvgIpc) is 2.37. The molecule has 0 saturated carbocycles. The van der Waals surface area contributed by atoms with E-state index in [1.54, 1.807) is 6.92 Å². The number of Topliss-reactive ketones (excluding diaryl/α,β-unsaturated/α-hetero) is 1. The van der Waals surface area contributed by atoms with E-state index in [0.29, 0.717) is 24.3 Å². The molecule has 1 aromatic rings. The first-order valence-electron chi connectivity index (χ1n) is 6.66. The molecule has 0 aliphatic heterocycles. The fraction of sp³-hybridized carbons (Fsp3) is 0.467. The largest absolute Gasteiger partial charge is 0.507 e. The third-order valence-electron chi connectivity index (χ3n) is 3.12. The molecule has 2 N–H and O–H groups in total. The van der Waals surface area contributed by atoms with Gasteiger partial charge >= 0.3 is 5.97 Å². The molecule has 20 heavy (non-hydrogen) atoms. The Balaban J connectivity index is 2.40. The van der Waals surface area contributed by atoms with E-state index in [1.165, 1.54) is 12.1 Å². The van der Waals surface area contributed by atoms with Crippen molar-refractivity contribution in [3.63, 3.8) is 0 Å². The lowest BCUT2D eigenvalue weighted by molar-refractivity contribution is -0.137. The molecule has 0 unspecified atom stereocenters. The van der Waals surface area contributed by atoms with E-state index in [1.807, 2.05) is 0 Å². The van der Waals surface area contributed by atoms with Crippen molar-refractivity contribution >= 4 is 23.4 Å². The molecule has 5 heteroatoms. The molecule has 0 atom stereocenters. The van der Waals surface area contributed by atoms with Crippen LogP contribution in [0.15, 0.2) is 12.1 Å². The number of rotatable bonds is 8. The van der Waals surface area contributed by atoms with Crippen molar-refractivity contribution < 1.29 is 19.8 Å². The molecule has 0 heterocycles. The van der Waals surface area contributed by atoms with Gasteiger partial charge in [-0.1, -0.05) is 24.4 Å².